The normalized spacial score (nSPS) is 10.6. The van der Waals surface area contributed by atoms with Gasteiger partial charge in [0.1, 0.15) is 0 Å². The zero-order chi connectivity index (χ0) is 9.42. The molecule has 0 unspecified atom stereocenters. The number of nitrogen functional groups attached to an aromatic ring is 1. The molecule has 0 aliphatic rings. The van der Waals surface area contributed by atoms with E-state index in [0.717, 1.165) is 9.86 Å². The van der Waals surface area contributed by atoms with Crippen molar-refractivity contribution in [1.82, 2.24) is 0 Å². The highest BCUT2D eigenvalue weighted by atomic mass is 79.9. The minimum atomic E-state index is -0.357. The van der Waals surface area contributed by atoms with E-state index in [1.807, 2.05) is 12.1 Å². The quantitative estimate of drug-likeness (QED) is 0.702. The van der Waals surface area contributed by atoms with Crippen LogP contribution in [0, 0.1) is 5.82 Å². The molecule has 2 rings (SSSR count). The zero-order valence-corrected chi connectivity index (χ0v) is 8.31. The Labute approximate surface area is 83.5 Å². The van der Waals surface area contributed by atoms with Crippen molar-refractivity contribution in [3.8, 4) is 0 Å². The van der Waals surface area contributed by atoms with E-state index in [4.69, 9.17) is 5.73 Å². The van der Waals surface area contributed by atoms with Crippen LogP contribution < -0.4 is 5.73 Å². The molecule has 0 aromatic heterocycles. The van der Waals surface area contributed by atoms with Crippen LogP contribution in [0.15, 0.2) is 34.8 Å². The van der Waals surface area contributed by atoms with Crippen molar-refractivity contribution >= 4 is 32.4 Å². The van der Waals surface area contributed by atoms with Crippen molar-refractivity contribution in [1.29, 1.82) is 0 Å². The topological polar surface area (TPSA) is 26.0 Å². The summed E-state index contributed by atoms with van der Waals surface area (Å²) in [5, 5.41) is 1.39. The van der Waals surface area contributed by atoms with Gasteiger partial charge in [-0.2, -0.15) is 0 Å². The molecule has 0 saturated carbocycles. The molecule has 0 fully saturated rings. The second kappa shape index (κ2) is 3.00. The van der Waals surface area contributed by atoms with Crippen LogP contribution >= 0.6 is 15.9 Å². The van der Waals surface area contributed by atoms with Crippen LogP contribution in [0.3, 0.4) is 0 Å². The first-order valence-electron chi connectivity index (χ1n) is 3.82. The lowest BCUT2D eigenvalue weighted by Crippen LogP contribution is -1.91. The highest BCUT2D eigenvalue weighted by molar-refractivity contribution is 9.10. The van der Waals surface area contributed by atoms with Crippen LogP contribution in [-0.4, -0.2) is 0 Å². The number of nitrogens with two attached hydrogens (primary N) is 1. The smallest absolute Gasteiger partial charge is 0.155 e. The Morgan fingerprint density at radius 3 is 2.69 bits per heavy atom. The molecule has 0 saturated heterocycles. The molecule has 0 aliphatic carbocycles. The maximum Gasteiger partial charge on any atom is 0.155 e. The standard InChI is InChI=1S/C10H7BrFN/c11-7-3-1-2-6-4-5-8(13)10(12)9(6)7/h1-5H,13H2. The van der Waals surface area contributed by atoms with E-state index in [1.54, 1.807) is 18.2 Å². The lowest BCUT2D eigenvalue weighted by molar-refractivity contribution is 0.644. The molecule has 13 heavy (non-hydrogen) atoms. The first kappa shape index (κ1) is 8.51. The molecule has 2 N–H and O–H groups in total. The summed E-state index contributed by atoms with van der Waals surface area (Å²) in [6.45, 7) is 0. The van der Waals surface area contributed by atoms with E-state index in [9.17, 15) is 4.39 Å². The summed E-state index contributed by atoms with van der Waals surface area (Å²) in [6, 6.07) is 8.89. The zero-order valence-electron chi connectivity index (χ0n) is 6.72. The van der Waals surface area contributed by atoms with Gasteiger partial charge in [0.2, 0.25) is 0 Å². The molecule has 0 amide bonds. The molecule has 0 spiro atoms. The molecule has 66 valence electrons. The number of halogens is 2. The second-order valence-corrected chi connectivity index (χ2v) is 3.66. The molecule has 1 nitrogen and oxygen atoms in total. The summed E-state index contributed by atoms with van der Waals surface area (Å²) in [5.74, 6) is -0.357. The maximum atomic E-state index is 13.5. The molecule has 0 heterocycles. The Balaban J connectivity index is 2.97. The number of benzene rings is 2. The average molecular weight is 240 g/mol. The number of hydrogen-bond donors (Lipinski definition) is 1. The molecule has 3 heteroatoms. The predicted molar refractivity (Wildman–Crippen MR) is 56.0 cm³/mol. The molecular weight excluding hydrogens is 233 g/mol. The number of anilines is 1. The van der Waals surface area contributed by atoms with E-state index >= 15 is 0 Å². The van der Waals surface area contributed by atoms with E-state index < -0.39 is 0 Å². The fraction of sp³-hybridized carbons (Fsp3) is 0. The van der Waals surface area contributed by atoms with E-state index in [2.05, 4.69) is 15.9 Å². The highest BCUT2D eigenvalue weighted by Gasteiger charge is 2.06. The van der Waals surface area contributed by atoms with Gasteiger partial charge in [-0.15, -0.1) is 0 Å². The molecule has 2 aromatic carbocycles. The monoisotopic (exact) mass is 239 g/mol. The third-order valence-electron chi connectivity index (χ3n) is 1.96. The first-order chi connectivity index (χ1) is 6.20. The van der Waals surface area contributed by atoms with Gasteiger partial charge in [0.15, 0.2) is 5.82 Å². The Bertz CT molecular complexity index is 468. The fourth-order valence-electron chi connectivity index (χ4n) is 1.31. The lowest BCUT2D eigenvalue weighted by Gasteiger charge is -2.03. The summed E-state index contributed by atoms with van der Waals surface area (Å²) in [5.41, 5.74) is 5.64. The van der Waals surface area contributed by atoms with Crippen molar-refractivity contribution < 1.29 is 4.39 Å². The molecule has 2 aromatic rings. The number of hydrogen-bond acceptors (Lipinski definition) is 1. The lowest BCUT2D eigenvalue weighted by atomic mass is 10.1. The van der Waals surface area contributed by atoms with E-state index in [0.29, 0.717) is 5.39 Å². The summed E-state index contributed by atoms with van der Waals surface area (Å²) in [4.78, 5) is 0. The molecule has 0 bridgehead atoms. The third kappa shape index (κ3) is 1.29. The average Bonchev–Trinajstić information content (AvgIpc) is 2.12. The summed E-state index contributed by atoms with van der Waals surface area (Å²) in [6.07, 6.45) is 0. The van der Waals surface area contributed by atoms with Gasteiger partial charge in [-0.25, -0.2) is 4.39 Å². The molecule has 0 radical (unpaired) electrons. The van der Waals surface area contributed by atoms with E-state index in [1.165, 1.54) is 0 Å². The van der Waals surface area contributed by atoms with Gasteiger partial charge < -0.3 is 5.73 Å². The minimum absolute atomic E-state index is 0.180. The SMILES string of the molecule is Nc1ccc2cccc(Br)c2c1F. The summed E-state index contributed by atoms with van der Waals surface area (Å²) >= 11 is 3.29. The Morgan fingerprint density at radius 2 is 1.92 bits per heavy atom. The van der Waals surface area contributed by atoms with Crippen LogP contribution in [0.25, 0.3) is 10.8 Å². The van der Waals surface area contributed by atoms with Gasteiger partial charge >= 0.3 is 0 Å². The fourth-order valence-corrected chi connectivity index (χ4v) is 1.86. The number of fused-ring (bicyclic) bond motifs is 1. The van der Waals surface area contributed by atoms with Crippen molar-refractivity contribution in [3.05, 3.63) is 40.6 Å². The van der Waals surface area contributed by atoms with Crippen molar-refractivity contribution in [2.75, 3.05) is 5.73 Å². The van der Waals surface area contributed by atoms with Gasteiger partial charge in [-0.3, -0.25) is 0 Å². The van der Waals surface area contributed by atoms with Crippen molar-refractivity contribution in [2.24, 2.45) is 0 Å². The second-order valence-electron chi connectivity index (χ2n) is 2.81. The van der Waals surface area contributed by atoms with Crippen LogP contribution in [0.1, 0.15) is 0 Å². The van der Waals surface area contributed by atoms with Crippen LogP contribution in [0.5, 0.6) is 0 Å². The van der Waals surface area contributed by atoms with E-state index in [-0.39, 0.29) is 11.5 Å². The van der Waals surface area contributed by atoms with Crippen molar-refractivity contribution in [3.63, 3.8) is 0 Å². The Morgan fingerprint density at radius 1 is 1.15 bits per heavy atom. The van der Waals surface area contributed by atoms with Gasteiger partial charge in [0.05, 0.1) is 5.69 Å². The number of rotatable bonds is 0. The molecule has 0 aliphatic heterocycles. The van der Waals surface area contributed by atoms with Crippen LogP contribution in [-0.2, 0) is 0 Å². The van der Waals surface area contributed by atoms with Gasteiger partial charge in [0, 0.05) is 9.86 Å². The van der Waals surface area contributed by atoms with Crippen LogP contribution in [0.2, 0.25) is 0 Å². The first-order valence-corrected chi connectivity index (χ1v) is 4.61. The molecule has 0 atom stereocenters. The van der Waals surface area contributed by atoms with Crippen molar-refractivity contribution in [2.45, 2.75) is 0 Å². The third-order valence-corrected chi connectivity index (χ3v) is 2.62. The minimum Gasteiger partial charge on any atom is -0.396 e. The van der Waals surface area contributed by atoms with Gasteiger partial charge in [-0.05, 0) is 17.5 Å². The highest BCUT2D eigenvalue weighted by Crippen LogP contribution is 2.29. The van der Waals surface area contributed by atoms with Crippen LogP contribution in [0.4, 0.5) is 10.1 Å². The summed E-state index contributed by atoms with van der Waals surface area (Å²) in [7, 11) is 0. The summed E-state index contributed by atoms with van der Waals surface area (Å²) < 4.78 is 14.2. The van der Waals surface area contributed by atoms with Gasteiger partial charge in [-0.1, -0.05) is 34.1 Å². The molecular formula is C10H7BrFN. The predicted octanol–water partition coefficient (Wildman–Crippen LogP) is 3.32. The largest absolute Gasteiger partial charge is 0.396 e. The Kier molecular flexibility index (Phi) is 1.96. The Hall–Kier alpha value is -1.09. The maximum absolute atomic E-state index is 13.5. The van der Waals surface area contributed by atoms with Gasteiger partial charge in [0.25, 0.3) is 0 Å².